The van der Waals surface area contributed by atoms with E-state index in [4.69, 9.17) is 16.3 Å². The van der Waals surface area contributed by atoms with Gasteiger partial charge in [-0.2, -0.15) is 0 Å². The van der Waals surface area contributed by atoms with Gasteiger partial charge in [-0.1, -0.05) is 11.6 Å². The second-order valence-electron chi connectivity index (χ2n) is 4.36. The van der Waals surface area contributed by atoms with Crippen molar-refractivity contribution in [3.8, 4) is 0 Å². The third kappa shape index (κ3) is 3.44. The molecule has 0 aliphatic carbocycles. The molecule has 1 saturated heterocycles. The lowest BCUT2D eigenvalue weighted by atomic mass is 10.1. The molecule has 0 aromatic carbocycles. The van der Waals surface area contributed by atoms with Gasteiger partial charge >= 0.3 is 5.69 Å². The number of rotatable bonds is 5. The number of aromatic nitrogens is 2. The predicted molar refractivity (Wildman–Crippen MR) is 68.1 cm³/mol. The fourth-order valence-electron chi connectivity index (χ4n) is 1.90. The summed E-state index contributed by atoms with van der Waals surface area (Å²) in [6.07, 6.45) is 2.44. The molecule has 0 bridgehead atoms. The first-order valence-corrected chi connectivity index (χ1v) is 6.32. The highest BCUT2D eigenvalue weighted by atomic mass is 35.5. The second-order valence-corrected chi connectivity index (χ2v) is 4.77. The lowest BCUT2D eigenvalue weighted by Crippen LogP contribution is -2.34. The highest BCUT2D eigenvalue weighted by molar-refractivity contribution is 6.30. The first kappa shape index (κ1) is 13.3. The maximum absolute atomic E-state index is 11.4. The Labute approximate surface area is 109 Å². The number of nitrogens with one attached hydrogen (secondary N) is 2. The maximum atomic E-state index is 11.4. The van der Waals surface area contributed by atoms with Gasteiger partial charge in [0.05, 0.1) is 6.61 Å². The molecule has 1 aliphatic heterocycles. The highest BCUT2D eigenvalue weighted by Crippen LogP contribution is 2.10. The Morgan fingerprint density at radius 3 is 3.11 bits per heavy atom. The van der Waals surface area contributed by atoms with Crippen LogP contribution in [0.15, 0.2) is 15.8 Å². The zero-order chi connectivity index (χ0) is 13.0. The van der Waals surface area contributed by atoms with Crippen LogP contribution in [0.5, 0.6) is 0 Å². The fourth-order valence-corrected chi connectivity index (χ4v) is 2.06. The van der Waals surface area contributed by atoms with Crippen molar-refractivity contribution < 1.29 is 4.74 Å². The Bertz CT molecular complexity index is 505. The topological polar surface area (TPSA) is 76.1 Å². The minimum atomic E-state index is -0.547. The van der Waals surface area contributed by atoms with Crippen LogP contribution in [0, 0.1) is 5.92 Å². The van der Waals surface area contributed by atoms with Crippen LogP contribution in [0.25, 0.3) is 0 Å². The molecular weight excluding hydrogens is 258 g/mol. The molecule has 1 unspecified atom stereocenters. The molecule has 0 saturated carbocycles. The zero-order valence-corrected chi connectivity index (χ0v) is 10.7. The van der Waals surface area contributed by atoms with E-state index < -0.39 is 11.2 Å². The van der Waals surface area contributed by atoms with Crippen LogP contribution >= 0.6 is 11.6 Å². The van der Waals surface area contributed by atoms with Crippen LogP contribution in [-0.4, -0.2) is 35.9 Å². The monoisotopic (exact) mass is 273 g/mol. The molecule has 0 radical (unpaired) electrons. The molecule has 2 rings (SSSR count). The van der Waals surface area contributed by atoms with Crippen molar-refractivity contribution in [2.75, 3.05) is 26.3 Å². The van der Waals surface area contributed by atoms with E-state index in [1.807, 2.05) is 0 Å². The zero-order valence-electron chi connectivity index (χ0n) is 9.95. The third-order valence-electron chi connectivity index (χ3n) is 2.95. The van der Waals surface area contributed by atoms with Gasteiger partial charge in [-0.15, -0.1) is 0 Å². The molecule has 1 atom stereocenters. The number of halogens is 1. The van der Waals surface area contributed by atoms with Crippen LogP contribution in [0.2, 0.25) is 5.02 Å². The van der Waals surface area contributed by atoms with Crippen molar-refractivity contribution in [3.05, 3.63) is 32.1 Å². The summed E-state index contributed by atoms with van der Waals surface area (Å²) in [5.41, 5.74) is -0.982. The summed E-state index contributed by atoms with van der Waals surface area (Å²) >= 11 is 5.66. The lowest BCUT2D eigenvalue weighted by molar-refractivity contribution is 0.185. The lowest BCUT2D eigenvalue weighted by Gasteiger charge is -2.10. The van der Waals surface area contributed by atoms with Gasteiger partial charge < -0.3 is 10.1 Å². The van der Waals surface area contributed by atoms with Crippen LogP contribution in [0.3, 0.4) is 0 Å². The minimum absolute atomic E-state index is 0.0267. The SMILES string of the molecule is O=c1[nH]c(=O)n(CCNCC2CCOC2)cc1Cl. The van der Waals surface area contributed by atoms with Crippen LogP contribution in [-0.2, 0) is 11.3 Å². The van der Waals surface area contributed by atoms with E-state index in [0.29, 0.717) is 19.0 Å². The van der Waals surface area contributed by atoms with Crippen molar-refractivity contribution in [3.63, 3.8) is 0 Å². The number of hydrogen-bond acceptors (Lipinski definition) is 4. The standard InChI is InChI=1S/C11H16ClN3O3/c12-9-6-15(11(17)14-10(9)16)3-2-13-5-8-1-4-18-7-8/h6,8,13H,1-5,7H2,(H,14,16,17). The molecule has 100 valence electrons. The Kier molecular flexibility index (Phi) is 4.57. The van der Waals surface area contributed by atoms with E-state index in [1.165, 1.54) is 10.8 Å². The van der Waals surface area contributed by atoms with Crippen molar-refractivity contribution in [2.24, 2.45) is 5.92 Å². The minimum Gasteiger partial charge on any atom is -0.381 e. The van der Waals surface area contributed by atoms with Crippen LogP contribution in [0.1, 0.15) is 6.42 Å². The summed E-state index contributed by atoms with van der Waals surface area (Å²) in [4.78, 5) is 24.7. The predicted octanol–water partition coefficient (Wildman–Crippen LogP) is -0.184. The molecule has 0 amide bonds. The fraction of sp³-hybridized carbons (Fsp3) is 0.636. The van der Waals surface area contributed by atoms with Crippen molar-refractivity contribution in [1.29, 1.82) is 0 Å². The maximum Gasteiger partial charge on any atom is 0.328 e. The highest BCUT2D eigenvalue weighted by Gasteiger charge is 2.14. The third-order valence-corrected chi connectivity index (χ3v) is 3.22. The van der Waals surface area contributed by atoms with Gasteiger partial charge in [0.25, 0.3) is 5.56 Å². The van der Waals surface area contributed by atoms with E-state index in [2.05, 4.69) is 10.3 Å². The van der Waals surface area contributed by atoms with Gasteiger partial charge in [-0.3, -0.25) is 14.3 Å². The number of hydrogen-bond donors (Lipinski definition) is 2. The molecule has 1 aromatic rings. The summed E-state index contributed by atoms with van der Waals surface area (Å²) in [7, 11) is 0. The number of H-pyrrole nitrogens is 1. The van der Waals surface area contributed by atoms with Crippen LogP contribution < -0.4 is 16.6 Å². The van der Waals surface area contributed by atoms with E-state index in [0.717, 1.165) is 26.2 Å². The summed E-state index contributed by atoms with van der Waals surface area (Å²) in [6.45, 7) is 3.65. The quantitative estimate of drug-likeness (QED) is 0.730. The van der Waals surface area contributed by atoms with Crippen molar-refractivity contribution >= 4 is 11.6 Å². The number of aromatic amines is 1. The first-order chi connectivity index (χ1) is 8.66. The molecule has 2 heterocycles. The number of nitrogens with zero attached hydrogens (tertiary/aromatic N) is 1. The van der Waals surface area contributed by atoms with E-state index >= 15 is 0 Å². The molecule has 1 fully saturated rings. The van der Waals surface area contributed by atoms with Gasteiger partial charge in [0.1, 0.15) is 5.02 Å². The molecular formula is C11H16ClN3O3. The molecule has 2 N–H and O–H groups in total. The average Bonchev–Trinajstić information content (AvgIpc) is 2.84. The first-order valence-electron chi connectivity index (χ1n) is 5.94. The van der Waals surface area contributed by atoms with E-state index in [1.54, 1.807) is 0 Å². The largest absolute Gasteiger partial charge is 0.381 e. The van der Waals surface area contributed by atoms with Gasteiger partial charge in [-0.25, -0.2) is 4.79 Å². The Morgan fingerprint density at radius 1 is 1.56 bits per heavy atom. The molecule has 6 nitrogen and oxygen atoms in total. The molecule has 1 aliphatic rings. The molecule has 7 heteroatoms. The molecule has 1 aromatic heterocycles. The van der Waals surface area contributed by atoms with E-state index in [-0.39, 0.29) is 5.02 Å². The van der Waals surface area contributed by atoms with E-state index in [9.17, 15) is 9.59 Å². The normalized spacial score (nSPS) is 19.3. The molecule has 0 spiro atoms. The average molecular weight is 274 g/mol. The number of ether oxygens (including phenoxy) is 1. The van der Waals surface area contributed by atoms with Crippen molar-refractivity contribution in [2.45, 2.75) is 13.0 Å². The van der Waals surface area contributed by atoms with Gasteiger partial charge in [-0.05, 0) is 12.3 Å². The summed E-state index contributed by atoms with van der Waals surface area (Å²) < 4.78 is 6.66. The Morgan fingerprint density at radius 2 is 2.39 bits per heavy atom. The van der Waals surface area contributed by atoms with Gasteiger partial charge in [0.15, 0.2) is 0 Å². The second kappa shape index (κ2) is 6.17. The Balaban J connectivity index is 1.81. The summed E-state index contributed by atoms with van der Waals surface area (Å²) in [6, 6.07) is 0. The smallest absolute Gasteiger partial charge is 0.328 e. The van der Waals surface area contributed by atoms with Gasteiger partial charge in [0, 0.05) is 32.4 Å². The summed E-state index contributed by atoms with van der Waals surface area (Å²) in [5, 5.41) is 3.29. The summed E-state index contributed by atoms with van der Waals surface area (Å²) in [5.74, 6) is 0.556. The van der Waals surface area contributed by atoms with Gasteiger partial charge in [0.2, 0.25) is 0 Å². The van der Waals surface area contributed by atoms with Crippen LogP contribution in [0.4, 0.5) is 0 Å². The molecule has 18 heavy (non-hydrogen) atoms. The van der Waals surface area contributed by atoms with Crippen molar-refractivity contribution in [1.82, 2.24) is 14.9 Å². The Hall–Kier alpha value is -1.11.